The number of benzene rings is 1. The van der Waals surface area contributed by atoms with Crippen LogP contribution < -0.4 is 5.73 Å². The molecule has 0 radical (unpaired) electrons. The molecule has 0 bridgehead atoms. The molecule has 0 aliphatic heterocycles. The first kappa shape index (κ1) is 17.1. The SMILES string of the molecule is CN(CCC(F)(F)F)C(=O)c1ccc(N)c(C(F)(F)F)c1. The van der Waals surface area contributed by atoms with Crippen LogP contribution in [0.1, 0.15) is 22.3 Å². The fourth-order valence-corrected chi connectivity index (χ4v) is 1.55. The first-order valence-corrected chi connectivity index (χ1v) is 5.71. The van der Waals surface area contributed by atoms with Gasteiger partial charge in [-0.2, -0.15) is 26.3 Å². The second-order valence-corrected chi connectivity index (χ2v) is 4.39. The number of carbonyl (C=O) groups excluding carboxylic acids is 1. The predicted molar refractivity (Wildman–Crippen MR) is 63.5 cm³/mol. The summed E-state index contributed by atoms with van der Waals surface area (Å²) in [6, 6.07) is 2.46. The highest BCUT2D eigenvalue weighted by Crippen LogP contribution is 2.34. The van der Waals surface area contributed by atoms with Crippen molar-refractivity contribution in [3.63, 3.8) is 0 Å². The Morgan fingerprint density at radius 1 is 1.19 bits per heavy atom. The molecular weight excluding hydrogens is 302 g/mol. The van der Waals surface area contributed by atoms with Crippen LogP contribution in [0.2, 0.25) is 0 Å². The smallest absolute Gasteiger partial charge is 0.398 e. The summed E-state index contributed by atoms with van der Waals surface area (Å²) in [5.74, 6) is -0.940. The molecule has 1 aromatic carbocycles. The second-order valence-electron chi connectivity index (χ2n) is 4.39. The molecule has 1 rings (SSSR count). The van der Waals surface area contributed by atoms with Crippen LogP contribution >= 0.6 is 0 Å². The lowest BCUT2D eigenvalue weighted by Gasteiger charge is -2.19. The number of carbonyl (C=O) groups is 1. The van der Waals surface area contributed by atoms with E-state index in [0.717, 1.165) is 19.2 Å². The van der Waals surface area contributed by atoms with Crippen molar-refractivity contribution in [2.45, 2.75) is 18.8 Å². The van der Waals surface area contributed by atoms with Crippen LogP contribution in [0.25, 0.3) is 0 Å². The van der Waals surface area contributed by atoms with Crippen molar-refractivity contribution >= 4 is 11.6 Å². The zero-order valence-electron chi connectivity index (χ0n) is 10.8. The number of alkyl halides is 6. The van der Waals surface area contributed by atoms with Gasteiger partial charge in [0.1, 0.15) is 0 Å². The summed E-state index contributed by atoms with van der Waals surface area (Å²) in [4.78, 5) is 12.5. The van der Waals surface area contributed by atoms with E-state index >= 15 is 0 Å². The van der Waals surface area contributed by atoms with Crippen LogP contribution in [0.15, 0.2) is 18.2 Å². The molecule has 118 valence electrons. The Hall–Kier alpha value is -1.93. The lowest BCUT2D eigenvalue weighted by molar-refractivity contribution is -0.137. The number of hydrogen-bond acceptors (Lipinski definition) is 2. The van der Waals surface area contributed by atoms with Crippen LogP contribution in [0.3, 0.4) is 0 Å². The molecule has 0 heterocycles. The molecule has 0 atom stereocenters. The van der Waals surface area contributed by atoms with E-state index in [4.69, 9.17) is 5.73 Å². The van der Waals surface area contributed by atoms with Gasteiger partial charge in [-0.25, -0.2) is 0 Å². The van der Waals surface area contributed by atoms with Crippen molar-refractivity contribution in [2.24, 2.45) is 0 Å². The van der Waals surface area contributed by atoms with E-state index in [1.54, 1.807) is 0 Å². The van der Waals surface area contributed by atoms with Gasteiger partial charge in [-0.15, -0.1) is 0 Å². The highest BCUT2D eigenvalue weighted by atomic mass is 19.4. The lowest BCUT2D eigenvalue weighted by atomic mass is 10.1. The van der Waals surface area contributed by atoms with Gasteiger partial charge in [-0.05, 0) is 18.2 Å². The van der Waals surface area contributed by atoms with Crippen molar-refractivity contribution in [3.05, 3.63) is 29.3 Å². The average Bonchev–Trinajstić information content (AvgIpc) is 2.33. The first-order valence-electron chi connectivity index (χ1n) is 5.71. The minimum Gasteiger partial charge on any atom is -0.398 e. The molecule has 0 saturated carbocycles. The summed E-state index contributed by atoms with van der Waals surface area (Å²) in [5, 5.41) is 0. The summed E-state index contributed by atoms with van der Waals surface area (Å²) < 4.78 is 74.1. The molecule has 0 saturated heterocycles. The van der Waals surface area contributed by atoms with Gasteiger partial charge in [0, 0.05) is 24.8 Å². The summed E-state index contributed by atoms with van der Waals surface area (Å²) in [7, 11) is 1.08. The van der Waals surface area contributed by atoms with Gasteiger partial charge in [0.15, 0.2) is 0 Å². The van der Waals surface area contributed by atoms with Crippen LogP contribution in [-0.4, -0.2) is 30.6 Å². The minimum atomic E-state index is -4.75. The topological polar surface area (TPSA) is 46.3 Å². The van der Waals surface area contributed by atoms with Gasteiger partial charge < -0.3 is 10.6 Å². The van der Waals surface area contributed by atoms with Gasteiger partial charge >= 0.3 is 12.4 Å². The molecule has 3 nitrogen and oxygen atoms in total. The van der Waals surface area contributed by atoms with Crippen molar-refractivity contribution in [1.29, 1.82) is 0 Å². The molecule has 0 aliphatic rings. The van der Waals surface area contributed by atoms with E-state index < -0.39 is 42.5 Å². The number of nitrogens with two attached hydrogens (primary N) is 1. The maximum atomic E-state index is 12.6. The fraction of sp³-hybridized carbons (Fsp3) is 0.417. The third kappa shape index (κ3) is 4.83. The average molecular weight is 314 g/mol. The molecule has 0 spiro atoms. The second kappa shape index (κ2) is 5.82. The maximum Gasteiger partial charge on any atom is 0.418 e. The van der Waals surface area contributed by atoms with Crippen LogP contribution in [0.5, 0.6) is 0 Å². The molecule has 0 unspecified atom stereocenters. The number of anilines is 1. The van der Waals surface area contributed by atoms with Gasteiger partial charge in [-0.3, -0.25) is 4.79 Å². The number of nitrogen functional groups attached to an aromatic ring is 1. The zero-order chi connectivity index (χ0) is 16.4. The van der Waals surface area contributed by atoms with Crippen molar-refractivity contribution in [1.82, 2.24) is 4.90 Å². The monoisotopic (exact) mass is 314 g/mol. The van der Waals surface area contributed by atoms with Gasteiger partial charge in [0.25, 0.3) is 5.91 Å². The Bertz CT molecular complexity index is 523. The molecule has 0 aliphatic carbocycles. The van der Waals surface area contributed by atoms with Gasteiger partial charge in [0.2, 0.25) is 0 Å². The third-order valence-corrected chi connectivity index (χ3v) is 2.68. The van der Waals surface area contributed by atoms with E-state index in [-0.39, 0.29) is 5.56 Å². The molecule has 1 amide bonds. The Balaban J connectivity index is 2.93. The fourth-order valence-electron chi connectivity index (χ4n) is 1.55. The Morgan fingerprint density at radius 3 is 2.24 bits per heavy atom. The van der Waals surface area contributed by atoms with E-state index in [0.29, 0.717) is 11.0 Å². The van der Waals surface area contributed by atoms with Gasteiger partial charge in [0.05, 0.1) is 12.0 Å². The van der Waals surface area contributed by atoms with E-state index in [9.17, 15) is 31.1 Å². The summed E-state index contributed by atoms with van der Waals surface area (Å²) in [6.45, 7) is -0.645. The minimum absolute atomic E-state index is 0.374. The number of nitrogens with zero attached hydrogens (tertiary/aromatic N) is 1. The lowest BCUT2D eigenvalue weighted by Crippen LogP contribution is -2.30. The normalized spacial score (nSPS) is 12.3. The van der Waals surface area contributed by atoms with Crippen molar-refractivity contribution in [3.8, 4) is 0 Å². The number of hydrogen-bond donors (Lipinski definition) is 1. The maximum absolute atomic E-state index is 12.6. The molecule has 1 aromatic rings. The number of amides is 1. The van der Waals surface area contributed by atoms with Crippen LogP contribution in [0.4, 0.5) is 32.0 Å². The van der Waals surface area contributed by atoms with E-state index in [1.165, 1.54) is 0 Å². The van der Waals surface area contributed by atoms with Crippen molar-refractivity contribution in [2.75, 3.05) is 19.3 Å². The molecule has 9 heteroatoms. The molecular formula is C12H12F6N2O. The molecule has 0 fully saturated rings. The summed E-state index contributed by atoms with van der Waals surface area (Å²) >= 11 is 0. The van der Waals surface area contributed by atoms with E-state index in [2.05, 4.69) is 0 Å². The first-order chi connectivity index (χ1) is 9.42. The van der Waals surface area contributed by atoms with E-state index in [1.807, 2.05) is 0 Å². The highest BCUT2D eigenvalue weighted by Gasteiger charge is 2.34. The Morgan fingerprint density at radius 2 is 1.76 bits per heavy atom. The predicted octanol–water partition coefficient (Wildman–Crippen LogP) is 3.31. The molecule has 2 N–H and O–H groups in total. The zero-order valence-corrected chi connectivity index (χ0v) is 10.8. The summed E-state index contributed by atoms with van der Waals surface area (Å²) in [6.07, 6.45) is -10.4. The quantitative estimate of drug-likeness (QED) is 0.687. The van der Waals surface area contributed by atoms with Gasteiger partial charge in [-0.1, -0.05) is 0 Å². The van der Waals surface area contributed by atoms with Crippen LogP contribution in [-0.2, 0) is 6.18 Å². The highest BCUT2D eigenvalue weighted by molar-refractivity contribution is 5.94. The standard InChI is InChI=1S/C12H12F6N2O/c1-20(5-4-11(13,14)15)10(21)7-2-3-9(19)8(6-7)12(16,17)18/h2-3,6H,4-5,19H2,1H3. The Labute approximate surface area is 116 Å². The number of halogens is 6. The van der Waals surface area contributed by atoms with Crippen molar-refractivity contribution < 1.29 is 31.1 Å². The molecule has 0 aromatic heterocycles. The third-order valence-electron chi connectivity index (χ3n) is 2.68. The largest absolute Gasteiger partial charge is 0.418 e. The summed E-state index contributed by atoms with van der Waals surface area (Å²) in [5.41, 5.74) is 3.05. The van der Waals surface area contributed by atoms with Crippen LogP contribution in [0, 0.1) is 0 Å². The number of rotatable bonds is 3. The molecule has 21 heavy (non-hydrogen) atoms. The Kier molecular flexibility index (Phi) is 4.75.